The van der Waals surface area contributed by atoms with Crippen LogP contribution in [0.5, 0.6) is 0 Å². The zero-order valence-electron chi connectivity index (χ0n) is 14.9. The summed E-state index contributed by atoms with van der Waals surface area (Å²) in [4.78, 5) is 21.9. The van der Waals surface area contributed by atoms with Gasteiger partial charge in [-0.15, -0.1) is 0 Å². The lowest BCUT2D eigenvalue weighted by atomic mass is 9.85. The molecule has 0 radical (unpaired) electrons. The highest BCUT2D eigenvalue weighted by Crippen LogP contribution is 2.29. The first-order valence-corrected chi connectivity index (χ1v) is 9.13. The van der Waals surface area contributed by atoms with Gasteiger partial charge < -0.3 is 0 Å². The maximum Gasteiger partial charge on any atom is 0.261 e. The number of aromatic nitrogens is 3. The first-order chi connectivity index (χ1) is 12.4. The molecule has 5 heteroatoms. The van der Waals surface area contributed by atoms with Gasteiger partial charge in [0.2, 0.25) is 0 Å². The van der Waals surface area contributed by atoms with Crippen LogP contribution in [0.1, 0.15) is 37.4 Å². The monoisotopic (exact) mass is 365 g/mol. The molecular formula is C21H20ClN3O. The summed E-state index contributed by atoms with van der Waals surface area (Å²) in [6.07, 6.45) is 5.43. The second kappa shape index (κ2) is 6.36. The minimum Gasteiger partial charge on any atom is -0.296 e. The average molecular weight is 366 g/mol. The summed E-state index contributed by atoms with van der Waals surface area (Å²) in [5, 5.41) is 1.21. The Morgan fingerprint density at radius 3 is 2.88 bits per heavy atom. The van der Waals surface area contributed by atoms with Gasteiger partial charge in [0.1, 0.15) is 5.82 Å². The minimum absolute atomic E-state index is 0.0455. The molecule has 0 fully saturated rings. The van der Waals surface area contributed by atoms with E-state index in [0.717, 1.165) is 42.0 Å². The van der Waals surface area contributed by atoms with Crippen LogP contribution in [-0.4, -0.2) is 14.5 Å². The maximum absolute atomic E-state index is 12.9. The standard InChI is InChI=1S/C21H20ClN3O/c1-21(2)9-8-19-24-18-12-14(6-7-15(18)20(26)25(19)13-21)11-16(22)17-5-3-4-10-23-17/h3-7,10-12H,8-9,13H2,1-2H3/b16-11-. The Kier molecular flexibility index (Phi) is 4.16. The largest absolute Gasteiger partial charge is 0.296 e. The molecule has 0 spiro atoms. The van der Waals surface area contributed by atoms with Crippen LogP contribution in [0.3, 0.4) is 0 Å². The van der Waals surface area contributed by atoms with Crippen LogP contribution in [0, 0.1) is 5.41 Å². The zero-order valence-corrected chi connectivity index (χ0v) is 15.6. The number of hydrogen-bond donors (Lipinski definition) is 0. The van der Waals surface area contributed by atoms with E-state index in [1.807, 2.05) is 47.0 Å². The number of rotatable bonds is 2. The fourth-order valence-electron chi connectivity index (χ4n) is 3.41. The van der Waals surface area contributed by atoms with Crippen LogP contribution in [0.25, 0.3) is 22.0 Å². The Morgan fingerprint density at radius 1 is 1.27 bits per heavy atom. The predicted molar refractivity (Wildman–Crippen MR) is 106 cm³/mol. The van der Waals surface area contributed by atoms with Gasteiger partial charge in [-0.3, -0.25) is 14.3 Å². The second-order valence-corrected chi connectivity index (χ2v) is 7.97. The number of benzene rings is 1. The molecule has 3 aromatic rings. The molecule has 0 bridgehead atoms. The number of fused-ring (bicyclic) bond motifs is 2. The number of halogens is 1. The first-order valence-electron chi connectivity index (χ1n) is 8.75. The third kappa shape index (κ3) is 3.17. The number of pyridine rings is 1. The van der Waals surface area contributed by atoms with Crippen molar-refractivity contribution in [3.8, 4) is 0 Å². The molecule has 132 valence electrons. The molecule has 1 aromatic carbocycles. The highest BCUT2D eigenvalue weighted by atomic mass is 35.5. The van der Waals surface area contributed by atoms with Gasteiger partial charge in [0.25, 0.3) is 5.56 Å². The molecule has 0 amide bonds. The van der Waals surface area contributed by atoms with E-state index in [-0.39, 0.29) is 11.0 Å². The lowest BCUT2D eigenvalue weighted by Crippen LogP contribution is -2.36. The fourth-order valence-corrected chi connectivity index (χ4v) is 3.65. The van der Waals surface area contributed by atoms with Crippen LogP contribution in [-0.2, 0) is 13.0 Å². The molecule has 3 heterocycles. The molecule has 0 unspecified atom stereocenters. The quantitative estimate of drug-likeness (QED) is 0.671. The van der Waals surface area contributed by atoms with Crippen molar-refractivity contribution in [2.24, 2.45) is 5.41 Å². The predicted octanol–water partition coefficient (Wildman–Crippen LogP) is 4.50. The lowest BCUT2D eigenvalue weighted by Gasteiger charge is -2.31. The van der Waals surface area contributed by atoms with Crippen molar-refractivity contribution in [1.29, 1.82) is 0 Å². The zero-order chi connectivity index (χ0) is 18.3. The molecule has 1 aliphatic rings. The fraction of sp³-hybridized carbons (Fsp3) is 0.286. The van der Waals surface area contributed by atoms with Crippen molar-refractivity contribution < 1.29 is 0 Å². The third-order valence-electron chi connectivity index (χ3n) is 4.87. The summed E-state index contributed by atoms with van der Waals surface area (Å²) in [5.41, 5.74) is 2.52. The van der Waals surface area contributed by atoms with E-state index in [4.69, 9.17) is 16.6 Å². The Hall–Kier alpha value is -2.46. The van der Waals surface area contributed by atoms with Gasteiger partial charge in [-0.1, -0.05) is 37.6 Å². The Labute approximate surface area is 157 Å². The second-order valence-electron chi connectivity index (χ2n) is 7.57. The topological polar surface area (TPSA) is 47.8 Å². The summed E-state index contributed by atoms with van der Waals surface area (Å²) in [6.45, 7) is 5.11. The van der Waals surface area contributed by atoms with E-state index in [9.17, 15) is 4.79 Å². The molecule has 1 aliphatic heterocycles. The van der Waals surface area contributed by atoms with E-state index in [2.05, 4.69) is 18.8 Å². The van der Waals surface area contributed by atoms with Crippen molar-refractivity contribution in [2.45, 2.75) is 33.2 Å². The summed E-state index contributed by atoms with van der Waals surface area (Å²) < 4.78 is 1.84. The summed E-state index contributed by atoms with van der Waals surface area (Å²) in [7, 11) is 0. The normalized spacial score (nSPS) is 16.5. The van der Waals surface area contributed by atoms with Crippen molar-refractivity contribution in [3.05, 3.63) is 70.0 Å². The van der Waals surface area contributed by atoms with Crippen LogP contribution >= 0.6 is 11.6 Å². The Bertz CT molecular complexity index is 1070. The van der Waals surface area contributed by atoms with Crippen molar-refractivity contribution in [1.82, 2.24) is 14.5 Å². The minimum atomic E-state index is 0.0455. The molecular weight excluding hydrogens is 346 g/mol. The first kappa shape index (κ1) is 17.0. The van der Waals surface area contributed by atoms with Crippen molar-refractivity contribution in [3.63, 3.8) is 0 Å². The number of aryl methyl sites for hydroxylation is 1. The van der Waals surface area contributed by atoms with E-state index in [0.29, 0.717) is 10.4 Å². The average Bonchev–Trinajstić information content (AvgIpc) is 2.63. The van der Waals surface area contributed by atoms with E-state index >= 15 is 0 Å². The van der Waals surface area contributed by atoms with Gasteiger partial charge in [-0.2, -0.15) is 0 Å². The van der Waals surface area contributed by atoms with Gasteiger partial charge >= 0.3 is 0 Å². The SMILES string of the molecule is CC1(C)CCc2nc3cc(/C=C(\Cl)c4ccccn4)ccc3c(=O)n2C1. The molecule has 4 rings (SSSR count). The molecule has 0 aliphatic carbocycles. The van der Waals surface area contributed by atoms with E-state index < -0.39 is 0 Å². The van der Waals surface area contributed by atoms with Crippen LogP contribution in [0.4, 0.5) is 0 Å². The summed E-state index contributed by atoms with van der Waals surface area (Å²) in [5.74, 6) is 0.874. The highest BCUT2D eigenvalue weighted by Gasteiger charge is 2.27. The van der Waals surface area contributed by atoms with Crippen LogP contribution in [0.2, 0.25) is 0 Å². The van der Waals surface area contributed by atoms with Gasteiger partial charge in [0.05, 0.1) is 21.6 Å². The van der Waals surface area contributed by atoms with Crippen molar-refractivity contribution >= 4 is 33.6 Å². The smallest absolute Gasteiger partial charge is 0.261 e. The molecule has 2 aromatic heterocycles. The van der Waals surface area contributed by atoms with Crippen LogP contribution < -0.4 is 5.56 Å². The van der Waals surface area contributed by atoms with Crippen LogP contribution in [0.15, 0.2) is 47.4 Å². The van der Waals surface area contributed by atoms with E-state index in [1.54, 1.807) is 6.20 Å². The number of hydrogen-bond acceptors (Lipinski definition) is 3. The summed E-state index contributed by atoms with van der Waals surface area (Å²) >= 11 is 6.38. The lowest BCUT2D eigenvalue weighted by molar-refractivity contribution is 0.240. The molecule has 0 saturated heterocycles. The highest BCUT2D eigenvalue weighted by molar-refractivity contribution is 6.51. The molecule has 4 nitrogen and oxygen atoms in total. The Balaban J connectivity index is 1.78. The summed E-state index contributed by atoms with van der Waals surface area (Å²) in [6, 6.07) is 11.3. The Morgan fingerprint density at radius 2 is 2.12 bits per heavy atom. The van der Waals surface area contributed by atoms with Gasteiger partial charge in [0, 0.05) is 19.2 Å². The van der Waals surface area contributed by atoms with Crippen molar-refractivity contribution in [2.75, 3.05) is 0 Å². The number of nitrogens with zero attached hydrogens (tertiary/aromatic N) is 3. The van der Waals surface area contributed by atoms with Gasteiger partial charge in [-0.05, 0) is 47.7 Å². The molecule has 26 heavy (non-hydrogen) atoms. The molecule has 0 N–H and O–H groups in total. The maximum atomic E-state index is 12.9. The third-order valence-corrected chi connectivity index (χ3v) is 5.18. The van der Waals surface area contributed by atoms with E-state index in [1.165, 1.54) is 0 Å². The van der Waals surface area contributed by atoms with Gasteiger partial charge in [0.15, 0.2) is 0 Å². The molecule has 0 saturated carbocycles. The van der Waals surface area contributed by atoms with Gasteiger partial charge in [-0.25, -0.2) is 4.98 Å². The molecule has 0 atom stereocenters.